The Bertz CT molecular complexity index is 1240. The van der Waals surface area contributed by atoms with E-state index in [1.54, 1.807) is 38.1 Å². The molecule has 0 spiro atoms. The van der Waals surface area contributed by atoms with E-state index in [1.807, 2.05) is 0 Å². The van der Waals surface area contributed by atoms with Crippen molar-refractivity contribution < 1.29 is 23.8 Å². The van der Waals surface area contributed by atoms with Crippen LogP contribution in [-0.2, 0) is 23.8 Å². The van der Waals surface area contributed by atoms with Crippen LogP contribution in [0.3, 0.4) is 0 Å². The molecule has 3 rings (SSSR count). The average Bonchev–Trinajstić information content (AvgIpc) is 2.78. The zero-order valence-corrected chi connectivity index (χ0v) is 19.9. The van der Waals surface area contributed by atoms with Crippen molar-refractivity contribution in [1.29, 1.82) is 0 Å². The topological polar surface area (TPSA) is 146 Å². The van der Waals surface area contributed by atoms with E-state index in [1.165, 1.54) is 20.3 Å². The summed E-state index contributed by atoms with van der Waals surface area (Å²) in [6, 6.07) is 8.04. The lowest BCUT2D eigenvalue weighted by Gasteiger charge is -2.34. The van der Waals surface area contributed by atoms with Gasteiger partial charge in [-0.25, -0.2) is 14.6 Å². The van der Waals surface area contributed by atoms with E-state index in [4.69, 9.17) is 31.5 Å². The van der Waals surface area contributed by atoms with Crippen LogP contribution in [0.5, 0.6) is 0 Å². The van der Waals surface area contributed by atoms with Crippen molar-refractivity contribution in [3.8, 4) is 0 Å². The fraction of sp³-hybridized carbons (Fsp3) is 0.304. The second kappa shape index (κ2) is 10.5. The number of halogens is 1. The Morgan fingerprint density at radius 3 is 2.50 bits per heavy atom. The SMILES string of the molecule is CCOC(=O)C1=C(C(OC)c2cc(=O)[nH]c(N)n2)NC(C)=C(C(=O)OC)C1c1ccccc1Cl. The summed E-state index contributed by atoms with van der Waals surface area (Å²) in [5.74, 6) is -2.43. The minimum absolute atomic E-state index is 0.0634. The van der Waals surface area contributed by atoms with Gasteiger partial charge in [-0.3, -0.25) is 9.78 Å². The van der Waals surface area contributed by atoms with Gasteiger partial charge in [-0.15, -0.1) is 0 Å². The normalized spacial score (nSPS) is 16.7. The number of aromatic amines is 1. The van der Waals surface area contributed by atoms with Crippen LogP contribution < -0.4 is 16.6 Å². The van der Waals surface area contributed by atoms with Crippen molar-refractivity contribution in [3.63, 3.8) is 0 Å². The van der Waals surface area contributed by atoms with E-state index in [2.05, 4.69) is 15.3 Å². The number of nitrogens with two attached hydrogens (primary N) is 1. The molecule has 0 aliphatic carbocycles. The molecule has 2 atom stereocenters. The first-order valence-electron chi connectivity index (χ1n) is 10.3. The van der Waals surface area contributed by atoms with E-state index in [0.717, 1.165) is 0 Å². The van der Waals surface area contributed by atoms with Crippen LogP contribution >= 0.6 is 11.6 Å². The molecule has 0 radical (unpaired) electrons. The van der Waals surface area contributed by atoms with E-state index in [-0.39, 0.29) is 35.1 Å². The number of carbonyl (C=O) groups excluding carboxylic acids is 2. The Hall–Kier alpha value is -3.63. The first-order chi connectivity index (χ1) is 16.2. The zero-order valence-electron chi connectivity index (χ0n) is 19.1. The van der Waals surface area contributed by atoms with Gasteiger partial charge < -0.3 is 25.3 Å². The number of ether oxygens (including phenoxy) is 3. The molecule has 180 valence electrons. The second-order valence-corrected chi connectivity index (χ2v) is 7.74. The number of carbonyl (C=O) groups is 2. The molecule has 2 heterocycles. The number of allylic oxidation sites excluding steroid dienone is 1. The highest BCUT2D eigenvalue weighted by Crippen LogP contribution is 2.44. The van der Waals surface area contributed by atoms with Gasteiger partial charge in [0.15, 0.2) is 0 Å². The zero-order chi connectivity index (χ0) is 25.0. The molecule has 0 fully saturated rings. The molecule has 2 aromatic rings. The molecule has 10 nitrogen and oxygen atoms in total. The molecule has 11 heteroatoms. The quantitative estimate of drug-likeness (QED) is 0.500. The summed E-state index contributed by atoms with van der Waals surface area (Å²) in [6.45, 7) is 3.40. The number of anilines is 1. The number of aromatic nitrogens is 2. The molecule has 0 amide bonds. The lowest BCUT2D eigenvalue weighted by molar-refractivity contribution is -0.139. The highest BCUT2D eigenvalue weighted by atomic mass is 35.5. The van der Waals surface area contributed by atoms with Gasteiger partial charge >= 0.3 is 11.9 Å². The van der Waals surface area contributed by atoms with Crippen LogP contribution in [0.25, 0.3) is 0 Å². The highest BCUT2D eigenvalue weighted by molar-refractivity contribution is 6.31. The molecule has 1 aromatic heterocycles. The molecule has 0 bridgehead atoms. The maximum Gasteiger partial charge on any atom is 0.336 e. The number of benzene rings is 1. The molecule has 0 saturated carbocycles. The number of dihydropyridines is 1. The standard InChI is InChI=1S/C23H25ClN4O6/c1-5-34-22(31)18-17(12-8-6-7-9-13(12)24)16(21(30)33-4)11(2)26-19(18)20(32-3)14-10-15(29)28-23(25)27-14/h6-10,17,20,26H,5H2,1-4H3,(H3,25,27,28,29). The number of H-pyrrole nitrogens is 1. The minimum Gasteiger partial charge on any atom is -0.466 e. The van der Waals surface area contributed by atoms with Crippen molar-refractivity contribution in [2.75, 3.05) is 26.6 Å². The fourth-order valence-corrected chi connectivity index (χ4v) is 4.16. The number of nitrogens with one attached hydrogen (secondary N) is 2. The Balaban J connectivity index is 2.37. The number of nitrogen functional groups attached to an aromatic ring is 1. The number of hydrogen-bond acceptors (Lipinski definition) is 9. The van der Waals surface area contributed by atoms with Gasteiger partial charge in [0.1, 0.15) is 6.10 Å². The molecule has 4 N–H and O–H groups in total. The maximum absolute atomic E-state index is 13.3. The summed E-state index contributed by atoms with van der Waals surface area (Å²) in [5.41, 5.74) is 6.75. The molecule has 1 aromatic carbocycles. The molecule has 1 aliphatic rings. The largest absolute Gasteiger partial charge is 0.466 e. The van der Waals surface area contributed by atoms with Crippen molar-refractivity contribution in [2.45, 2.75) is 25.9 Å². The highest BCUT2D eigenvalue weighted by Gasteiger charge is 2.42. The van der Waals surface area contributed by atoms with Crippen molar-refractivity contribution in [2.24, 2.45) is 0 Å². The van der Waals surface area contributed by atoms with Gasteiger partial charge in [-0.05, 0) is 25.5 Å². The van der Waals surface area contributed by atoms with E-state index >= 15 is 0 Å². The molecule has 0 saturated heterocycles. The first kappa shape index (κ1) is 25.0. The number of esters is 2. The van der Waals surface area contributed by atoms with E-state index < -0.39 is 29.5 Å². The minimum atomic E-state index is -1.02. The summed E-state index contributed by atoms with van der Waals surface area (Å²) in [7, 11) is 2.64. The number of hydrogen-bond donors (Lipinski definition) is 3. The predicted octanol–water partition coefficient (Wildman–Crippen LogP) is 2.34. The van der Waals surface area contributed by atoms with Gasteiger partial charge in [0.2, 0.25) is 5.95 Å². The lowest BCUT2D eigenvalue weighted by atomic mass is 9.79. The van der Waals surface area contributed by atoms with E-state index in [9.17, 15) is 14.4 Å². The van der Waals surface area contributed by atoms with Gasteiger partial charge in [0.05, 0.1) is 42.2 Å². The van der Waals surface area contributed by atoms with Gasteiger partial charge in [-0.1, -0.05) is 29.8 Å². The second-order valence-electron chi connectivity index (χ2n) is 7.33. The van der Waals surface area contributed by atoms with Gasteiger partial charge in [0, 0.05) is 23.9 Å². The Kier molecular flexibility index (Phi) is 7.75. The summed E-state index contributed by atoms with van der Waals surface area (Å²) in [4.78, 5) is 44.8. The smallest absolute Gasteiger partial charge is 0.336 e. The molecular weight excluding hydrogens is 464 g/mol. The van der Waals surface area contributed by atoms with E-state index in [0.29, 0.717) is 16.3 Å². The number of rotatable bonds is 7. The number of methoxy groups -OCH3 is 2. The monoisotopic (exact) mass is 488 g/mol. The lowest BCUT2D eigenvalue weighted by Crippen LogP contribution is -2.36. The molecular formula is C23H25ClN4O6. The van der Waals surface area contributed by atoms with Crippen LogP contribution in [0.15, 0.2) is 57.7 Å². The van der Waals surface area contributed by atoms with Gasteiger partial charge in [0.25, 0.3) is 5.56 Å². The number of nitrogens with zero attached hydrogens (tertiary/aromatic N) is 1. The summed E-state index contributed by atoms with van der Waals surface area (Å²) >= 11 is 6.51. The first-order valence-corrected chi connectivity index (χ1v) is 10.7. The van der Waals surface area contributed by atoms with Crippen LogP contribution in [0.4, 0.5) is 5.95 Å². The summed E-state index contributed by atoms with van der Waals surface area (Å²) in [6.07, 6.45) is -1.02. The average molecular weight is 489 g/mol. The third kappa shape index (κ3) is 4.82. The van der Waals surface area contributed by atoms with Crippen LogP contribution in [-0.4, -0.2) is 42.7 Å². The van der Waals surface area contributed by atoms with Crippen molar-refractivity contribution >= 4 is 29.5 Å². The Morgan fingerprint density at radius 1 is 1.21 bits per heavy atom. The van der Waals surface area contributed by atoms with Gasteiger partial charge in [-0.2, -0.15) is 0 Å². The Morgan fingerprint density at radius 2 is 1.91 bits per heavy atom. The fourth-order valence-electron chi connectivity index (χ4n) is 3.91. The summed E-state index contributed by atoms with van der Waals surface area (Å²) < 4.78 is 16.0. The van der Waals surface area contributed by atoms with Crippen LogP contribution in [0.2, 0.25) is 5.02 Å². The predicted molar refractivity (Wildman–Crippen MR) is 125 cm³/mol. The van der Waals surface area contributed by atoms with Crippen molar-refractivity contribution in [1.82, 2.24) is 15.3 Å². The third-order valence-electron chi connectivity index (χ3n) is 5.26. The summed E-state index contributed by atoms with van der Waals surface area (Å²) in [5, 5.41) is 3.41. The third-order valence-corrected chi connectivity index (χ3v) is 5.60. The van der Waals surface area contributed by atoms with Crippen molar-refractivity contribution in [3.05, 3.63) is 79.5 Å². The van der Waals surface area contributed by atoms with Crippen LogP contribution in [0.1, 0.15) is 37.1 Å². The maximum atomic E-state index is 13.3. The molecule has 1 aliphatic heterocycles. The molecule has 2 unspecified atom stereocenters. The Labute approximate surface area is 200 Å². The molecule has 34 heavy (non-hydrogen) atoms. The van der Waals surface area contributed by atoms with Crippen LogP contribution in [0, 0.1) is 0 Å².